The molecule has 2 N–H and O–H groups in total. The van der Waals surface area contributed by atoms with Gasteiger partial charge >= 0.3 is 5.97 Å². The number of halogens is 1. The number of benzene rings is 1. The summed E-state index contributed by atoms with van der Waals surface area (Å²) in [5, 5.41) is 8.85. The predicted molar refractivity (Wildman–Crippen MR) is 71.4 cm³/mol. The molecule has 0 aromatic heterocycles. The highest BCUT2D eigenvalue weighted by Gasteiger charge is 2.20. The van der Waals surface area contributed by atoms with Crippen molar-refractivity contribution in [3.05, 3.63) is 29.1 Å². The fourth-order valence-electron chi connectivity index (χ4n) is 1.53. The summed E-state index contributed by atoms with van der Waals surface area (Å²) in [6.07, 6.45) is 5.93. The lowest BCUT2D eigenvalue weighted by Gasteiger charge is -2.09. The van der Waals surface area contributed by atoms with Gasteiger partial charge in [-0.2, -0.15) is 0 Å². The van der Waals surface area contributed by atoms with E-state index < -0.39 is 27.4 Å². The number of rotatable bonds is 6. The van der Waals surface area contributed by atoms with E-state index in [1.165, 1.54) is 6.92 Å². The SMILES string of the molecule is C#CCCCNS(=O)(=O)c1cc(C)c(F)c(C(=O)O)c1. The zero-order valence-electron chi connectivity index (χ0n) is 10.8. The van der Waals surface area contributed by atoms with Gasteiger partial charge in [0.15, 0.2) is 0 Å². The summed E-state index contributed by atoms with van der Waals surface area (Å²) in [5.74, 6) is -0.0873. The Kier molecular flexibility index (Phi) is 5.25. The topological polar surface area (TPSA) is 83.5 Å². The minimum absolute atomic E-state index is 0.0473. The number of terminal acetylenes is 1. The second-order valence-corrected chi connectivity index (χ2v) is 5.88. The predicted octanol–water partition coefficient (Wildman–Crippen LogP) is 1.52. The van der Waals surface area contributed by atoms with Crippen molar-refractivity contribution in [2.75, 3.05) is 6.54 Å². The van der Waals surface area contributed by atoms with Crippen molar-refractivity contribution in [3.8, 4) is 12.3 Å². The van der Waals surface area contributed by atoms with Gasteiger partial charge in [-0.15, -0.1) is 12.3 Å². The molecule has 1 aromatic rings. The van der Waals surface area contributed by atoms with Crippen LogP contribution in [0, 0.1) is 25.1 Å². The van der Waals surface area contributed by atoms with Crippen LogP contribution < -0.4 is 4.72 Å². The van der Waals surface area contributed by atoms with Gasteiger partial charge in [-0.25, -0.2) is 22.3 Å². The first kappa shape index (κ1) is 16.1. The summed E-state index contributed by atoms with van der Waals surface area (Å²) in [5.41, 5.74) is -0.720. The molecule has 108 valence electrons. The third kappa shape index (κ3) is 3.79. The van der Waals surface area contributed by atoms with Crippen molar-refractivity contribution in [1.82, 2.24) is 4.72 Å². The van der Waals surface area contributed by atoms with Gasteiger partial charge in [-0.05, 0) is 31.0 Å². The molecular weight excluding hydrogens is 285 g/mol. The average molecular weight is 299 g/mol. The number of unbranched alkanes of at least 4 members (excludes halogenated alkanes) is 1. The third-order valence-corrected chi connectivity index (χ3v) is 4.00. The molecule has 20 heavy (non-hydrogen) atoms. The number of carbonyl (C=O) groups is 1. The van der Waals surface area contributed by atoms with Gasteiger partial charge in [-0.1, -0.05) is 0 Å². The first-order valence-corrected chi connectivity index (χ1v) is 7.24. The van der Waals surface area contributed by atoms with Gasteiger partial charge in [0, 0.05) is 13.0 Å². The highest BCUT2D eigenvalue weighted by Crippen LogP contribution is 2.19. The summed E-state index contributed by atoms with van der Waals surface area (Å²) >= 11 is 0. The van der Waals surface area contributed by atoms with E-state index in [-0.39, 0.29) is 17.0 Å². The quantitative estimate of drug-likeness (QED) is 0.616. The van der Waals surface area contributed by atoms with Crippen LogP contribution in [0.3, 0.4) is 0 Å². The largest absolute Gasteiger partial charge is 0.478 e. The van der Waals surface area contributed by atoms with Gasteiger partial charge in [0.05, 0.1) is 10.5 Å². The summed E-state index contributed by atoms with van der Waals surface area (Å²) in [7, 11) is -3.88. The van der Waals surface area contributed by atoms with Crippen molar-refractivity contribution >= 4 is 16.0 Å². The van der Waals surface area contributed by atoms with E-state index in [1.807, 2.05) is 0 Å². The number of aryl methyl sites for hydroxylation is 1. The number of carboxylic acids is 1. The normalized spacial score (nSPS) is 11.1. The highest BCUT2D eigenvalue weighted by atomic mass is 32.2. The molecule has 1 rings (SSSR count). The van der Waals surface area contributed by atoms with Crippen molar-refractivity contribution in [3.63, 3.8) is 0 Å². The molecule has 0 atom stereocenters. The van der Waals surface area contributed by atoms with Gasteiger partial charge in [0.2, 0.25) is 10.0 Å². The highest BCUT2D eigenvalue weighted by molar-refractivity contribution is 7.89. The lowest BCUT2D eigenvalue weighted by molar-refractivity contribution is 0.0691. The standard InChI is InChI=1S/C13H14FNO4S/c1-3-4-5-6-15-20(18,19)10-7-9(2)12(14)11(8-10)13(16)17/h1,7-8,15H,4-6H2,2H3,(H,16,17). The first-order chi connectivity index (χ1) is 9.29. The van der Waals surface area contributed by atoms with E-state index in [9.17, 15) is 17.6 Å². The molecule has 0 aliphatic heterocycles. The van der Waals surface area contributed by atoms with Crippen LogP contribution in [0.2, 0.25) is 0 Å². The van der Waals surface area contributed by atoms with Crippen LogP contribution >= 0.6 is 0 Å². The van der Waals surface area contributed by atoms with E-state index in [2.05, 4.69) is 10.6 Å². The Hall–Kier alpha value is -1.91. The van der Waals surface area contributed by atoms with Gasteiger partial charge in [-0.3, -0.25) is 0 Å². The molecule has 5 nitrogen and oxygen atoms in total. The number of aromatic carboxylic acids is 1. The second kappa shape index (κ2) is 6.50. The number of nitrogens with one attached hydrogen (secondary N) is 1. The second-order valence-electron chi connectivity index (χ2n) is 4.11. The van der Waals surface area contributed by atoms with Crippen LogP contribution in [0.25, 0.3) is 0 Å². The van der Waals surface area contributed by atoms with E-state index >= 15 is 0 Å². The Balaban J connectivity index is 3.07. The molecule has 0 unspecified atom stereocenters. The molecule has 0 saturated heterocycles. The summed E-state index contributed by atoms with van der Waals surface area (Å²) in [6.45, 7) is 1.44. The Morgan fingerprint density at radius 3 is 2.70 bits per heavy atom. The minimum Gasteiger partial charge on any atom is -0.478 e. The zero-order chi connectivity index (χ0) is 15.3. The molecule has 1 aromatic carbocycles. The molecule has 0 saturated carbocycles. The molecule has 0 aliphatic rings. The van der Waals surface area contributed by atoms with Crippen LogP contribution in [0.4, 0.5) is 4.39 Å². The van der Waals surface area contributed by atoms with E-state index in [0.29, 0.717) is 12.8 Å². The monoisotopic (exact) mass is 299 g/mol. The average Bonchev–Trinajstić information content (AvgIpc) is 2.37. The smallest absolute Gasteiger partial charge is 0.338 e. The van der Waals surface area contributed by atoms with Gasteiger partial charge in [0.1, 0.15) is 5.82 Å². The molecule has 0 aliphatic carbocycles. The lowest BCUT2D eigenvalue weighted by atomic mass is 10.1. The van der Waals surface area contributed by atoms with Crippen molar-refractivity contribution in [2.45, 2.75) is 24.7 Å². The molecular formula is C13H14FNO4S. The number of hydrogen-bond acceptors (Lipinski definition) is 3. The molecule has 7 heteroatoms. The molecule has 0 fully saturated rings. The van der Waals surface area contributed by atoms with Gasteiger partial charge < -0.3 is 5.11 Å². The van der Waals surface area contributed by atoms with Crippen molar-refractivity contribution in [2.24, 2.45) is 0 Å². The van der Waals surface area contributed by atoms with Crippen LogP contribution in [-0.4, -0.2) is 26.0 Å². The molecule has 0 bridgehead atoms. The first-order valence-electron chi connectivity index (χ1n) is 5.76. The van der Waals surface area contributed by atoms with Crippen LogP contribution in [0.15, 0.2) is 17.0 Å². The summed E-state index contributed by atoms with van der Waals surface area (Å²) in [6, 6.07) is 1.89. The van der Waals surface area contributed by atoms with Gasteiger partial charge in [0.25, 0.3) is 0 Å². The lowest BCUT2D eigenvalue weighted by Crippen LogP contribution is -2.25. The van der Waals surface area contributed by atoms with Crippen LogP contribution in [0.5, 0.6) is 0 Å². The van der Waals surface area contributed by atoms with Crippen molar-refractivity contribution in [1.29, 1.82) is 0 Å². The maximum Gasteiger partial charge on any atom is 0.338 e. The minimum atomic E-state index is -3.88. The fraction of sp³-hybridized carbons (Fsp3) is 0.308. The number of hydrogen-bond donors (Lipinski definition) is 2. The fourth-order valence-corrected chi connectivity index (χ4v) is 2.71. The van der Waals surface area contributed by atoms with E-state index in [0.717, 1.165) is 12.1 Å². The van der Waals surface area contributed by atoms with E-state index in [4.69, 9.17) is 11.5 Å². The van der Waals surface area contributed by atoms with E-state index in [1.54, 1.807) is 0 Å². The molecule has 0 spiro atoms. The zero-order valence-corrected chi connectivity index (χ0v) is 11.6. The molecule has 0 radical (unpaired) electrons. The van der Waals surface area contributed by atoms with Crippen molar-refractivity contribution < 1.29 is 22.7 Å². The maximum absolute atomic E-state index is 13.6. The molecule has 0 amide bonds. The molecule has 0 heterocycles. The Morgan fingerprint density at radius 2 is 2.15 bits per heavy atom. The number of carboxylic acid groups (broad SMARTS) is 1. The number of sulfonamides is 1. The van der Waals surface area contributed by atoms with Crippen LogP contribution in [0.1, 0.15) is 28.8 Å². The summed E-state index contributed by atoms with van der Waals surface area (Å²) < 4.78 is 39.8. The maximum atomic E-state index is 13.6. The third-order valence-electron chi connectivity index (χ3n) is 2.56. The summed E-state index contributed by atoms with van der Waals surface area (Å²) in [4.78, 5) is 10.6. The Morgan fingerprint density at radius 1 is 1.50 bits per heavy atom. The Labute approximate surface area is 116 Å². The van der Waals surface area contributed by atoms with Crippen LogP contribution in [-0.2, 0) is 10.0 Å². The Bertz CT molecular complexity index is 662.